The zero-order valence-electron chi connectivity index (χ0n) is 14.2. The lowest BCUT2D eigenvalue weighted by Crippen LogP contribution is -2.50. The molecule has 1 aliphatic heterocycles. The van der Waals surface area contributed by atoms with Crippen molar-refractivity contribution in [2.24, 2.45) is 5.92 Å². The molecule has 0 spiro atoms. The lowest BCUT2D eigenvalue weighted by atomic mass is 9.90. The Morgan fingerprint density at radius 3 is 3.04 bits per heavy atom. The third kappa shape index (κ3) is 3.24. The zero-order valence-corrected chi connectivity index (χ0v) is 14.2. The molecule has 2 atom stereocenters. The minimum absolute atomic E-state index is 0.194. The van der Waals surface area contributed by atoms with Crippen LogP contribution in [0.3, 0.4) is 0 Å². The maximum atomic E-state index is 11.6. The maximum Gasteiger partial charge on any atom is 0.219 e. The van der Waals surface area contributed by atoms with Crippen molar-refractivity contribution in [1.82, 2.24) is 19.6 Å². The summed E-state index contributed by atoms with van der Waals surface area (Å²) in [4.78, 5) is 18.1. The zero-order chi connectivity index (χ0) is 16.4. The number of pyridine rings is 1. The second-order valence-corrected chi connectivity index (χ2v) is 6.54. The number of fused-ring (bicyclic) bond motifs is 1. The molecule has 3 rings (SSSR count). The van der Waals surface area contributed by atoms with Gasteiger partial charge in [-0.15, -0.1) is 0 Å². The molecule has 0 aliphatic carbocycles. The van der Waals surface area contributed by atoms with Crippen LogP contribution >= 0.6 is 0 Å². The largest absolute Gasteiger partial charge is 0.343 e. The van der Waals surface area contributed by atoms with E-state index in [1.807, 2.05) is 11.1 Å². The van der Waals surface area contributed by atoms with E-state index in [-0.39, 0.29) is 5.91 Å². The first-order chi connectivity index (χ1) is 11.1. The van der Waals surface area contributed by atoms with Crippen LogP contribution in [-0.2, 0) is 11.3 Å². The van der Waals surface area contributed by atoms with Crippen molar-refractivity contribution in [2.75, 3.05) is 13.1 Å². The third-order valence-electron chi connectivity index (χ3n) is 5.06. The average molecular weight is 314 g/mol. The van der Waals surface area contributed by atoms with Gasteiger partial charge in [0.05, 0.1) is 11.9 Å². The van der Waals surface area contributed by atoms with E-state index in [9.17, 15) is 4.79 Å². The standard InChI is InChI=1S/C18H26N4O/c1-4-15-12-21(14(3)23)9-7-17(15)19-10-16-11-20-18-13(2)6-5-8-22(16)18/h5-6,8,11,15,17,19H,4,7,9-10,12H2,1-3H3/t15-,17-/m0/s1. The molecule has 0 radical (unpaired) electrons. The van der Waals surface area contributed by atoms with Gasteiger partial charge in [-0.3, -0.25) is 4.79 Å². The molecule has 1 N–H and O–H groups in total. The quantitative estimate of drug-likeness (QED) is 0.942. The summed E-state index contributed by atoms with van der Waals surface area (Å²) in [7, 11) is 0. The van der Waals surface area contributed by atoms with Crippen molar-refractivity contribution in [3.63, 3.8) is 0 Å². The van der Waals surface area contributed by atoms with Crippen molar-refractivity contribution in [3.05, 3.63) is 35.8 Å². The molecule has 1 saturated heterocycles. The minimum Gasteiger partial charge on any atom is -0.343 e. The molecule has 124 valence electrons. The van der Waals surface area contributed by atoms with Crippen LogP contribution in [0.1, 0.15) is 37.9 Å². The number of aromatic nitrogens is 2. The smallest absolute Gasteiger partial charge is 0.219 e. The fourth-order valence-corrected chi connectivity index (χ4v) is 3.57. The summed E-state index contributed by atoms with van der Waals surface area (Å²) in [6, 6.07) is 4.61. The van der Waals surface area contributed by atoms with E-state index in [1.54, 1.807) is 6.92 Å². The Kier molecular flexibility index (Phi) is 4.66. The number of nitrogens with zero attached hydrogens (tertiary/aromatic N) is 3. The summed E-state index contributed by atoms with van der Waals surface area (Å²) < 4.78 is 2.16. The summed E-state index contributed by atoms with van der Waals surface area (Å²) in [5.41, 5.74) is 3.41. The molecule has 23 heavy (non-hydrogen) atoms. The predicted molar refractivity (Wildman–Crippen MR) is 91.2 cm³/mol. The van der Waals surface area contributed by atoms with Gasteiger partial charge in [0.2, 0.25) is 5.91 Å². The van der Waals surface area contributed by atoms with Crippen LogP contribution in [0.5, 0.6) is 0 Å². The molecule has 2 aromatic rings. The number of imidazole rings is 1. The molecule has 1 fully saturated rings. The van der Waals surface area contributed by atoms with Crippen molar-refractivity contribution in [3.8, 4) is 0 Å². The van der Waals surface area contributed by atoms with E-state index in [4.69, 9.17) is 0 Å². The number of hydrogen-bond donors (Lipinski definition) is 1. The van der Waals surface area contributed by atoms with E-state index in [0.29, 0.717) is 12.0 Å². The van der Waals surface area contributed by atoms with E-state index >= 15 is 0 Å². The van der Waals surface area contributed by atoms with Crippen LogP contribution in [-0.4, -0.2) is 39.3 Å². The number of hydrogen-bond acceptors (Lipinski definition) is 3. The molecule has 3 heterocycles. The highest BCUT2D eigenvalue weighted by Gasteiger charge is 2.28. The number of amides is 1. The second kappa shape index (κ2) is 6.71. The van der Waals surface area contributed by atoms with Gasteiger partial charge in [0, 0.05) is 38.8 Å². The van der Waals surface area contributed by atoms with Crippen molar-refractivity contribution in [2.45, 2.75) is 46.2 Å². The van der Waals surface area contributed by atoms with E-state index < -0.39 is 0 Å². The summed E-state index contributed by atoms with van der Waals surface area (Å²) in [6.45, 7) is 8.50. The number of likely N-dealkylation sites (tertiary alicyclic amines) is 1. The Balaban J connectivity index is 1.67. The predicted octanol–water partition coefficient (Wildman–Crippen LogP) is 2.38. The fraction of sp³-hybridized carbons (Fsp3) is 0.556. The Morgan fingerprint density at radius 2 is 2.30 bits per heavy atom. The molecule has 5 nitrogen and oxygen atoms in total. The van der Waals surface area contributed by atoms with Crippen LogP contribution in [0.25, 0.3) is 5.65 Å². The number of rotatable bonds is 4. The normalized spacial score (nSPS) is 21.8. The van der Waals surface area contributed by atoms with E-state index in [1.165, 1.54) is 11.3 Å². The Labute approximate surface area is 137 Å². The SMILES string of the molecule is CC[C@H]1CN(C(C)=O)CC[C@@H]1NCc1cnc2c(C)cccn12. The molecule has 0 bridgehead atoms. The lowest BCUT2D eigenvalue weighted by Gasteiger charge is -2.38. The van der Waals surface area contributed by atoms with E-state index in [2.05, 4.69) is 46.9 Å². The first kappa shape index (κ1) is 16.0. The van der Waals surface area contributed by atoms with Gasteiger partial charge in [-0.1, -0.05) is 19.4 Å². The van der Waals surface area contributed by atoms with Gasteiger partial charge in [0.15, 0.2) is 0 Å². The first-order valence-corrected chi connectivity index (χ1v) is 8.50. The van der Waals surface area contributed by atoms with Gasteiger partial charge in [-0.25, -0.2) is 4.98 Å². The average Bonchev–Trinajstić information content (AvgIpc) is 2.97. The van der Waals surface area contributed by atoms with Crippen molar-refractivity contribution < 1.29 is 4.79 Å². The summed E-state index contributed by atoms with van der Waals surface area (Å²) >= 11 is 0. The Morgan fingerprint density at radius 1 is 1.48 bits per heavy atom. The summed E-state index contributed by atoms with van der Waals surface area (Å²) in [5.74, 6) is 0.715. The number of aryl methyl sites for hydroxylation is 1. The summed E-state index contributed by atoms with van der Waals surface area (Å²) in [5, 5.41) is 3.70. The second-order valence-electron chi connectivity index (χ2n) is 6.54. The third-order valence-corrected chi connectivity index (χ3v) is 5.06. The van der Waals surface area contributed by atoms with Gasteiger partial charge in [-0.05, 0) is 30.9 Å². The van der Waals surface area contributed by atoms with Crippen LogP contribution in [0.15, 0.2) is 24.5 Å². The molecule has 2 aromatic heterocycles. The maximum absolute atomic E-state index is 11.6. The number of carbonyl (C=O) groups is 1. The topological polar surface area (TPSA) is 49.6 Å². The van der Waals surface area contributed by atoms with Crippen molar-refractivity contribution in [1.29, 1.82) is 0 Å². The molecular weight excluding hydrogens is 288 g/mol. The number of carbonyl (C=O) groups excluding carboxylic acids is 1. The molecule has 5 heteroatoms. The highest BCUT2D eigenvalue weighted by molar-refractivity contribution is 5.73. The molecule has 0 aromatic carbocycles. The van der Waals surface area contributed by atoms with Gasteiger partial charge in [-0.2, -0.15) is 0 Å². The van der Waals surface area contributed by atoms with Crippen LogP contribution in [0.4, 0.5) is 0 Å². The molecule has 1 amide bonds. The Hall–Kier alpha value is -1.88. The molecular formula is C18H26N4O. The molecule has 1 aliphatic rings. The highest BCUT2D eigenvalue weighted by atomic mass is 16.2. The van der Waals surface area contributed by atoms with Gasteiger partial charge >= 0.3 is 0 Å². The summed E-state index contributed by atoms with van der Waals surface area (Å²) in [6.07, 6.45) is 6.14. The van der Waals surface area contributed by atoms with Gasteiger partial charge in [0.1, 0.15) is 5.65 Å². The highest BCUT2D eigenvalue weighted by Crippen LogP contribution is 2.21. The van der Waals surface area contributed by atoms with Crippen LogP contribution in [0.2, 0.25) is 0 Å². The minimum atomic E-state index is 0.194. The molecule has 0 unspecified atom stereocenters. The lowest BCUT2D eigenvalue weighted by molar-refractivity contribution is -0.131. The number of piperidine rings is 1. The monoisotopic (exact) mass is 314 g/mol. The first-order valence-electron chi connectivity index (χ1n) is 8.50. The van der Waals surface area contributed by atoms with Gasteiger partial charge < -0.3 is 14.6 Å². The molecule has 0 saturated carbocycles. The number of nitrogens with one attached hydrogen (secondary N) is 1. The van der Waals surface area contributed by atoms with Crippen LogP contribution < -0.4 is 5.32 Å². The van der Waals surface area contributed by atoms with Crippen LogP contribution in [0, 0.1) is 12.8 Å². The van der Waals surface area contributed by atoms with Crippen molar-refractivity contribution >= 4 is 11.6 Å². The van der Waals surface area contributed by atoms with Gasteiger partial charge in [0.25, 0.3) is 0 Å². The fourth-order valence-electron chi connectivity index (χ4n) is 3.57. The van der Waals surface area contributed by atoms with E-state index in [0.717, 1.165) is 38.1 Å². The Bertz CT molecular complexity index is 693.